The van der Waals surface area contributed by atoms with Gasteiger partial charge >= 0.3 is 0 Å². The molecule has 0 unspecified atom stereocenters. The zero-order valence-corrected chi connectivity index (χ0v) is 9.99. The summed E-state index contributed by atoms with van der Waals surface area (Å²) in [5.41, 5.74) is 0. The van der Waals surface area contributed by atoms with Crippen LogP contribution in [0.3, 0.4) is 0 Å². The van der Waals surface area contributed by atoms with Crippen LogP contribution >= 0.6 is 0 Å². The third-order valence-electron chi connectivity index (χ3n) is 3.44. The third kappa shape index (κ3) is 5.64. The van der Waals surface area contributed by atoms with E-state index < -0.39 is 0 Å². The lowest BCUT2D eigenvalue weighted by atomic mass is 10.1. The van der Waals surface area contributed by atoms with Crippen LogP contribution < -0.4 is 4.90 Å². The minimum absolute atomic E-state index is 1.37. The molecule has 0 aromatic rings. The molecule has 0 spiro atoms. The van der Waals surface area contributed by atoms with Crippen LogP contribution in [0.5, 0.6) is 0 Å². The predicted octanol–water partition coefficient (Wildman–Crippen LogP) is 2.42. The second kappa shape index (κ2) is 8.28. The second-order valence-electron chi connectivity index (χ2n) is 4.83. The van der Waals surface area contributed by atoms with Crippen molar-refractivity contribution in [3.05, 3.63) is 0 Å². The van der Waals surface area contributed by atoms with Gasteiger partial charge in [-0.05, 0) is 32.1 Å². The van der Waals surface area contributed by atoms with Crippen molar-refractivity contribution in [1.82, 2.24) is 0 Å². The Bertz CT molecular complexity index is 116. The highest BCUT2D eigenvalue weighted by molar-refractivity contribution is 4.47. The molecule has 1 fully saturated rings. The Labute approximate surface area is 89.9 Å². The van der Waals surface area contributed by atoms with Crippen molar-refractivity contribution >= 4 is 0 Å². The van der Waals surface area contributed by atoms with E-state index >= 15 is 0 Å². The number of hydrogen-bond acceptors (Lipinski definition) is 0. The maximum Gasteiger partial charge on any atom is 0.0770 e. The fourth-order valence-corrected chi connectivity index (χ4v) is 2.46. The van der Waals surface area contributed by atoms with E-state index in [-0.39, 0.29) is 0 Å². The average molecular weight is 198 g/mol. The van der Waals surface area contributed by atoms with E-state index in [4.69, 9.17) is 0 Å². The van der Waals surface area contributed by atoms with Gasteiger partial charge in [0.2, 0.25) is 0 Å². The molecule has 0 radical (unpaired) electrons. The van der Waals surface area contributed by atoms with Crippen LogP contribution in [0.15, 0.2) is 0 Å². The van der Waals surface area contributed by atoms with Gasteiger partial charge in [-0.25, -0.2) is 0 Å². The number of nitrogens with one attached hydrogen (secondary N) is 1. The minimum Gasteiger partial charge on any atom is -0.335 e. The van der Waals surface area contributed by atoms with Gasteiger partial charge in [0, 0.05) is 0 Å². The summed E-state index contributed by atoms with van der Waals surface area (Å²) in [5.74, 6) is 0. The first kappa shape index (κ1) is 12.0. The minimum atomic E-state index is 1.37. The quantitative estimate of drug-likeness (QED) is 0.599. The summed E-state index contributed by atoms with van der Waals surface area (Å²) in [6, 6.07) is 0. The number of hydrogen-bond donors (Lipinski definition) is 1. The summed E-state index contributed by atoms with van der Waals surface area (Å²) in [7, 11) is 0. The Kier molecular flexibility index (Phi) is 7.12. The molecule has 0 aromatic heterocycles. The highest BCUT2D eigenvalue weighted by Gasteiger charge is 2.11. The normalized spacial score (nSPS) is 18.6. The van der Waals surface area contributed by atoms with Gasteiger partial charge in [-0.15, -0.1) is 0 Å². The number of unbranched alkanes of at least 4 members (excludes halogenated alkanes) is 5. The maximum atomic E-state index is 2.29. The second-order valence-corrected chi connectivity index (χ2v) is 4.83. The number of likely N-dealkylation sites (tertiary alicyclic amines) is 1. The van der Waals surface area contributed by atoms with Gasteiger partial charge < -0.3 is 4.90 Å². The van der Waals surface area contributed by atoms with Crippen molar-refractivity contribution in [2.24, 2.45) is 0 Å². The summed E-state index contributed by atoms with van der Waals surface area (Å²) in [4.78, 5) is 1.88. The Morgan fingerprint density at radius 3 is 2.14 bits per heavy atom. The molecule has 84 valence electrons. The molecule has 14 heavy (non-hydrogen) atoms. The van der Waals surface area contributed by atoms with Crippen LogP contribution in [0.4, 0.5) is 0 Å². The van der Waals surface area contributed by atoms with Crippen molar-refractivity contribution in [3.63, 3.8) is 0 Å². The van der Waals surface area contributed by atoms with Crippen molar-refractivity contribution < 1.29 is 4.90 Å². The van der Waals surface area contributed by atoms with E-state index in [0.717, 1.165) is 0 Å². The van der Waals surface area contributed by atoms with Crippen LogP contribution in [0.1, 0.15) is 64.7 Å². The lowest BCUT2D eigenvalue weighted by Crippen LogP contribution is -3.12. The predicted molar refractivity (Wildman–Crippen MR) is 62.8 cm³/mol. The summed E-state index contributed by atoms with van der Waals surface area (Å²) in [5, 5.41) is 0. The van der Waals surface area contributed by atoms with Crippen LogP contribution in [0.2, 0.25) is 0 Å². The highest BCUT2D eigenvalue weighted by Crippen LogP contribution is 2.04. The molecule has 0 atom stereocenters. The van der Waals surface area contributed by atoms with Crippen LogP contribution in [-0.4, -0.2) is 19.6 Å². The molecule has 1 aliphatic heterocycles. The van der Waals surface area contributed by atoms with E-state index in [2.05, 4.69) is 6.92 Å². The van der Waals surface area contributed by atoms with E-state index in [9.17, 15) is 0 Å². The summed E-state index contributed by atoms with van der Waals surface area (Å²) < 4.78 is 0. The first-order valence-electron chi connectivity index (χ1n) is 6.77. The molecule has 0 saturated carbocycles. The molecular formula is C13H28N+. The van der Waals surface area contributed by atoms with Gasteiger partial charge in [0.05, 0.1) is 19.6 Å². The fourth-order valence-electron chi connectivity index (χ4n) is 2.46. The Morgan fingerprint density at radius 2 is 1.43 bits per heavy atom. The molecule has 1 nitrogen and oxygen atoms in total. The number of piperidine rings is 1. The molecule has 1 heteroatoms. The molecule has 0 aliphatic carbocycles. The Morgan fingerprint density at radius 1 is 0.786 bits per heavy atom. The molecule has 1 heterocycles. The van der Waals surface area contributed by atoms with Gasteiger partial charge in [0.25, 0.3) is 0 Å². The molecule has 1 saturated heterocycles. The Hall–Kier alpha value is -0.0400. The van der Waals surface area contributed by atoms with Crippen molar-refractivity contribution in [3.8, 4) is 0 Å². The summed E-state index contributed by atoms with van der Waals surface area (Å²) in [6.45, 7) is 6.65. The zero-order valence-electron chi connectivity index (χ0n) is 9.99. The number of rotatable bonds is 7. The van der Waals surface area contributed by atoms with E-state index in [1.54, 1.807) is 0 Å². The summed E-state index contributed by atoms with van der Waals surface area (Å²) >= 11 is 0. The van der Waals surface area contributed by atoms with Crippen molar-refractivity contribution in [2.45, 2.75) is 64.7 Å². The monoisotopic (exact) mass is 198 g/mol. The molecule has 1 aliphatic rings. The lowest BCUT2D eigenvalue weighted by Gasteiger charge is -2.23. The highest BCUT2D eigenvalue weighted by atomic mass is 15.1. The largest absolute Gasteiger partial charge is 0.335 e. The standard InChI is InChI=1S/C13H27N/c1-2-3-4-5-6-8-11-14-12-9-7-10-13-14/h2-13H2,1H3/p+1. The molecule has 0 amide bonds. The number of quaternary nitrogens is 1. The van der Waals surface area contributed by atoms with Crippen LogP contribution in [-0.2, 0) is 0 Å². The van der Waals surface area contributed by atoms with Gasteiger partial charge in [0.1, 0.15) is 0 Å². The van der Waals surface area contributed by atoms with Crippen molar-refractivity contribution in [2.75, 3.05) is 19.6 Å². The third-order valence-corrected chi connectivity index (χ3v) is 3.44. The van der Waals surface area contributed by atoms with Gasteiger partial charge in [-0.1, -0.05) is 32.6 Å². The SMILES string of the molecule is CCCCCCCC[NH+]1CCCCC1. The Balaban J connectivity index is 1.82. The smallest absolute Gasteiger partial charge is 0.0770 e. The summed E-state index contributed by atoms with van der Waals surface area (Å²) in [6.07, 6.45) is 13.1. The molecule has 1 rings (SSSR count). The van der Waals surface area contributed by atoms with E-state index in [0.29, 0.717) is 0 Å². The van der Waals surface area contributed by atoms with E-state index in [1.807, 2.05) is 4.90 Å². The van der Waals surface area contributed by atoms with E-state index in [1.165, 1.54) is 77.4 Å². The molecular weight excluding hydrogens is 170 g/mol. The average Bonchev–Trinajstić information content (AvgIpc) is 2.25. The first-order chi connectivity index (χ1) is 6.93. The van der Waals surface area contributed by atoms with Gasteiger partial charge in [-0.3, -0.25) is 0 Å². The lowest BCUT2D eigenvalue weighted by molar-refractivity contribution is -0.905. The van der Waals surface area contributed by atoms with Gasteiger partial charge in [-0.2, -0.15) is 0 Å². The zero-order chi connectivity index (χ0) is 10.1. The maximum absolute atomic E-state index is 2.29. The molecule has 0 aromatic carbocycles. The van der Waals surface area contributed by atoms with Crippen molar-refractivity contribution in [1.29, 1.82) is 0 Å². The first-order valence-corrected chi connectivity index (χ1v) is 6.77. The van der Waals surface area contributed by atoms with Gasteiger partial charge in [0.15, 0.2) is 0 Å². The molecule has 0 bridgehead atoms. The van der Waals surface area contributed by atoms with Crippen LogP contribution in [0.25, 0.3) is 0 Å². The van der Waals surface area contributed by atoms with Crippen LogP contribution in [0, 0.1) is 0 Å². The molecule has 1 N–H and O–H groups in total. The topological polar surface area (TPSA) is 4.44 Å². The fraction of sp³-hybridized carbons (Fsp3) is 1.00.